The molecule has 6 heteroatoms. The molecular weight excluding hydrogens is 280 g/mol. The van der Waals surface area contributed by atoms with Crippen LogP contribution in [0.15, 0.2) is 5.38 Å². The lowest BCUT2D eigenvalue weighted by atomic mass is 9.96. The van der Waals surface area contributed by atoms with Crippen LogP contribution in [0, 0.1) is 0 Å². The van der Waals surface area contributed by atoms with Gasteiger partial charge in [0.15, 0.2) is 0 Å². The van der Waals surface area contributed by atoms with Crippen LogP contribution in [0.5, 0.6) is 0 Å². The van der Waals surface area contributed by atoms with Crippen LogP contribution in [0.4, 0.5) is 0 Å². The number of rotatable bonds is 5. The Hall–Kier alpha value is -0.590. The van der Waals surface area contributed by atoms with Gasteiger partial charge in [0, 0.05) is 18.3 Å². The number of hydrogen-bond donors (Lipinski definition) is 2. The second kappa shape index (κ2) is 6.72. The van der Waals surface area contributed by atoms with E-state index in [1.807, 2.05) is 5.38 Å². The third-order valence-electron chi connectivity index (χ3n) is 3.31. The van der Waals surface area contributed by atoms with Crippen molar-refractivity contribution in [1.29, 1.82) is 0 Å². The van der Waals surface area contributed by atoms with Crippen molar-refractivity contribution in [1.82, 2.24) is 10.3 Å². The molecule has 0 aromatic carbocycles. The summed E-state index contributed by atoms with van der Waals surface area (Å²) in [5.41, 5.74) is -0.129. The van der Waals surface area contributed by atoms with Gasteiger partial charge in [-0.3, -0.25) is 4.79 Å². The number of nitrogens with zero attached hydrogens (tertiary/aromatic N) is 1. The van der Waals surface area contributed by atoms with E-state index in [2.05, 4.69) is 17.2 Å². The average Bonchev–Trinajstić information content (AvgIpc) is 2.87. The van der Waals surface area contributed by atoms with Crippen molar-refractivity contribution in [2.75, 3.05) is 18.1 Å². The first-order chi connectivity index (χ1) is 9.14. The van der Waals surface area contributed by atoms with Crippen LogP contribution in [-0.4, -0.2) is 39.6 Å². The van der Waals surface area contributed by atoms with Crippen molar-refractivity contribution < 1.29 is 9.90 Å². The second-order valence-corrected chi connectivity index (χ2v) is 6.90. The molecule has 0 saturated carbocycles. The smallest absolute Gasteiger partial charge is 0.252 e. The van der Waals surface area contributed by atoms with Crippen LogP contribution in [0.3, 0.4) is 0 Å². The number of hydrogen-bond acceptors (Lipinski definition) is 5. The van der Waals surface area contributed by atoms with Gasteiger partial charge >= 0.3 is 0 Å². The van der Waals surface area contributed by atoms with Crippen molar-refractivity contribution in [3.63, 3.8) is 0 Å². The molecule has 1 aromatic heterocycles. The molecule has 2 heterocycles. The fraction of sp³-hybridized carbons (Fsp3) is 0.692. The summed E-state index contributed by atoms with van der Waals surface area (Å²) in [7, 11) is 0. The summed E-state index contributed by atoms with van der Waals surface area (Å²) in [6, 6.07) is 0. The standard InChI is InChI=1S/C13H20N2O2S2/c1-2-11-15-10(9-19-11)3-6-14-12(16)13(17)4-7-18-8-5-13/h9,17H,2-8H2,1H3,(H,14,16). The maximum absolute atomic E-state index is 12.0. The molecule has 1 fully saturated rings. The van der Waals surface area contributed by atoms with E-state index in [9.17, 15) is 9.90 Å². The maximum Gasteiger partial charge on any atom is 0.252 e. The van der Waals surface area contributed by atoms with E-state index in [1.165, 1.54) is 0 Å². The van der Waals surface area contributed by atoms with Crippen LogP contribution >= 0.6 is 23.1 Å². The molecule has 2 rings (SSSR count). The molecule has 2 N–H and O–H groups in total. The molecule has 0 unspecified atom stereocenters. The quantitative estimate of drug-likeness (QED) is 0.867. The zero-order valence-corrected chi connectivity index (χ0v) is 12.8. The third-order valence-corrected chi connectivity index (χ3v) is 5.34. The van der Waals surface area contributed by atoms with Gasteiger partial charge in [0.2, 0.25) is 0 Å². The minimum atomic E-state index is -1.15. The summed E-state index contributed by atoms with van der Waals surface area (Å²) in [6.45, 7) is 2.63. The SMILES string of the molecule is CCc1nc(CCNC(=O)C2(O)CCSCC2)cs1. The molecule has 1 aliphatic heterocycles. The molecule has 4 nitrogen and oxygen atoms in total. The van der Waals surface area contributed by atoms with Gasteiger partial charge < -0.3 is 10.4 Å². The molecule has 0 aliphatic carbocycles. The highest BCUT2D eigenvalue weighted by Gasteiger charge is 2.36. The first-order valence-corrected chi connectivity index (χ1v) is 8.69. The van der Waals surface area contributed by atoms with Gasteiger partial charge in [-0.2, -0.15) is 11.8 Å². The summed E-state index contributed by atoms with van der Waals surface area (Å²) in [6.07, 6.45) is 2.79. The van der Waals surface area contributed by atoms with E-state index in [0.717, 1.165) is 35.0 Å². The van der Waals surface area contributed by atoms with E-state index in [1.54, 1.807) is 23.1 Å². The lowest BCUT2D eigenvalue weighted by molar-refractivity contribution is -0.140. The van der Waals surface area contributed by atoms with Gasteiger partial charge in [0.05, 0.1) is 10.7 Å². The average molecular weight is 300 g/mol. The van der Waals surface area contributed by atoms with Crippen LogP contribution in [0.2, 0.25) is 0 Å². The summed E-state index contributed by atoms with van der Waals surface area (Å²) < 4.78 is 0. The number of nitrogens with one attached hydrogen (secondary N) is 1. The Morgan fingerprint density at radius 3 is 2.89 bits per heavy atom. The number of thiazole rings is 1. The zero-order chi connectivity index (χ0) is 13.7. The Balaban J connectivity index is 1.77. The zero-order valence-electron chi connectivity index (χ0n) is 11.1. The van der Waals surface area contributed by atoms with E-state index in [4.69, 9.17) is 0 Å². The van der Waals surface area contributed by atoms with E-state index in [-0.39, 0.29) is 5.91 Å². The van der Waals surface area contributed by atoms with Gasteiger partial charge in [0.1, 0.15) is 5.60 Å². The Bertz CT molecular complexity index is 428. The Morgan fingerprint density at radius 1 is 1.53 bits per heavy atom. The van der Waals surface area contributed by atoms with Gasteiger partial charge in [-0.25, -0.2) is 4.98 Å². The maximum atomic E-state index is 12.0. The van der Waals surface area contributed by atoms with Crippen molar-refractivity contribution in [2.24, 2.45) is 0 Å². The molecule has 0 bridgehead atoms. The van der Waals surface area contributed by atoms with E-state index in [0.29, 0.717) is 19.4 Å². The van der Waals surface area contributed by atoms with E-state index >= 15 is 0 Å². The Morgan fingerprint density at radius 2 is 2.26 bits per heavy atom. The lowest BCUT2D eigenvalue weighted by Crippen LogP contribution is -2.49. The topological polar surface area (TPSA) is 62.2 Å². The molecule has 1 aliphatic rings. The summed E-state index contributed by atoms with van der Waals surface area (Å²) in [5.74, 6) is 1.49. The first kappa shape index (κ1) is 14.8. The molecule has 1 saturated heterocycles. The molecule has 0 spiro atoms. The van der Waals surface area contributed by atoms with E-state index < -0.39 is 5.60 Å². The van der Waals surface area contributed by atoms with Crippen molar-refractivity contribution in [2.45, 2.75) is 38.2 Å². The van der Waals surface area contributed by atoms with Gasteiger partial charge in [-0.05, 0) is 30.8 Å². The predicted molar refractivity (Wildman–Crippen MR) is 79.7 cm³/mol. The number of aliphatic hydroxyl groups is 1. The second-order valence-electron chi connectivity index (χ2n) is 4.74. The fourth-order valence-electron chi connectivity index (χ4n) is 2.03. The van der Waals surface area contributed by atoms with Crippen molar-refractivity contribution in [3.05, 3.63) is 16.1 Å². The number of aryl methyl sites for hydroxylation is 1. The number of carbonyl (C=O) groups excluding carboxylic acids is 1. The summed E-state index contributed by atoms with van der Waals surface area (Å²) >= 11 is 3.45. The molecule has 106 valence electrons. The third kappa shape index (κ3) is 3.94. The van der Waals surface area contributed by atoms with Crippen molar-refractivity contribution >= 4 is 29.0 Å². The number of amides is 1. The monoisotopic (exact) mass is 300 g/mol. The number of thioether (sulfide) groups is 1. The van der Waals surface area contributed by atoms with Gasteiger partial charge in [0.25, 0.3) is 5.91 Å². The summed E-state index contributed by atoms with van der Waals surface area (Å²) in [5, 5.41) is 16.2. The summed E-state index contributed by atoms with van der Waals surface area (Å²) in [4.78, 5) is 16.4. The van der Waals surface area contributed by atoms with Gasteiger partial charge in [-0.1, -0.05) is 6.92 Å². The minimum Gasteiger partial charge on any atom is -0.380 e. The normalized spacial score (nSPS) is 18.2. The largest absolute Gasteiger partial charge is 0.380 e. The van der Waals surface area contributed by atoms with Crippen LogP contribution in [0.1, 0.15) is 30.5 Å². The highest BCUT2D eigenvalue weighted by atomic mass is 32.2. The molecule has 0 radical (unpaired) electrons. The van der Waals surface area contributed by atoms with Gasteiger partial charge in [-0.15, -0.1) is 11.3 Å². The minimum absolute atomic E-state index is 0.223. The lowest BCUT2D eigenvalue weighted by Gasteiger charge is -2.30. The molecule has 19 heavy (non-hydrogen) atoms. The molecule has 1 aromatic rings. The van der Waals surface area contributed by atoms with Crippen LogP contribution in [-0.2, 0) is 17.6 Å². The first-order valence-electron chi connectivity index (χ1n) is 6.66. The number of aromatic nitrogens is 1. The highest BCUT2D eigenvalue weighted by molar-refractivity contribution is 7.99. The predicted octanol–water partition coefficient (Wildman–Crippen LogP) is 1.62. The number of carbonyl (C=O) groups is 1. The fourth-order valence-corrected chi connectivity index (χ4v) is 3.98. The molecular formula is C13H20N2O2S2. The Kier molecular flexibility index (Phi) is 5.24. The highest BCUT2D eigenvalue weighted by Crippen LogP contribution is 2.26. The van der Waals surface area contributed by atoms with Crippen molar-refractivity contribution in [3.8, 4) is 0 Å². The molecule has 1 amide bonds. The van der Waals surface area contributed by atoms with Crippen LogP contribution in [0.25, 0.3) is 0 Å². The molecule has 0 atom stereocenters. The van der Waals surface area contributed by atoms with Crippen LogP contribution < -0.4 is 5.32 Å². The Labute approximate surface area is 122 Å².